The quantitative estimate of drug-likeness (QED) is 0.124. The first-order valence-electron chi connectivity index (χ1n) is 11.7. The lowest BCUT2D eigenvalue weighted by molar-refractivity contribution is -0.132. The summed E-state index contributed by atoms with van der Waals surface area (Å²) in [5, 5.41) is 12.0. The van der Waals surface area contributed by atoms with E-state index in [1.807, 2.05) is 0 Å². The van der Waals surface area contributed by atoms with Crippen molar-refractivity contribution < 1.29 is 29.0 Å². The Kier molecular flexibility index (Phi) is 7.99. The monoisotopic (exact) mass is 552 g/mol. The van der Waals surface area contributed by atoms with Crippen LogP contribution in [0.1, 0.15) is 45.0 Å². The Balaban J connectivity index is 1.89. The van der Waals surface area contributed by atoms with Crippen molar-refractivity contribution in [1.29, 1.82) is 0 Å². The van der Waals surface area contributed by atoms with Crippen LogP contribution in [0.2, 0.25) is 5.02 Å². The fourth-order valence-corrected chi connectivity index (χ4v) is 5.37. The zero-order valence-corrected chi connectivity index (χ0v) is 22.6. The van der Waals surface area contributed by atoms with Gasteiger partial charge in [-0.05, 0) is 62.2 Å². The number of hydrogen-bond acceptors (Lipinski definition) is 8. The Morgan fingerprint density at radius 2 is 2.00 bits per heavy atom. The number of ether oxygens (including phenoxy) is 2. The highest BCUT2D eigenvalue weighted by molar-refractivity contribution is 7.17. The normalized spacial score (nSPS) is 16.5. The maximum Gasteiger partial charge on any atom is 0.350 e. The van der Waals surface area contributed by atoms with E-state index in [9.17, 15) is 19.5 Å². The number of esters is 1. The summed E-state index contributed by atoms with van der Waals surface area (Å²) in [5.74, 6) is -2.12. The average molecular weight is 553 g/mol. The minimum absolute atomic E-state index is 0.120. The molecule has 10 heteroatoms. The van der Waals surface area contributed by atoms with Crippen LogP contribution in [0.4, 0.5) is 5.13 Å². The molecule has 1 N–H and O–H groups in total. The van der Waals surface area contributed by atoms with Crippen LogP contribution in [-0.4, -0.2) is 41.0 Å². The highest BCUT2D eigenvalue weighted by Gasteiger charge is 2.48. The Morgan fingerprint density at radius 1 is 1.24 bits per heavy atom. The minimum Gasteiger partial charge on any atom is -0.507 e. The molecule has 1 aliphatic heterocycles. The van der Waals surface area contributed by atoms with E-state index in [0.29, 0.717) is 39.8 Å². The van der Waals surface area contributed by atoms with Gasteiger partial charge in [-0.2, -0.15) is 0 Å². The number of anilines is 1. The van der Waals surface area contributed by atoms with Crippen LogP contribution in [0.15, 0.2) is 60.7 Å². The third kappa shape index (κ3) is 5.07. The third-order valence-electron chi connectivity index (χ3n) is 5.88. The van der Waals surface area contributed by atoms with Crippen LogP contribution in [-0.2, 0) is 14.3 Å². The first-order chi connectivity index (χ1) is 18.2. The first kappa shape index (κ1) is 27.1. The molecule has 4 rings (SSSR count). The molecule has 2 heterocycles. The SMILES string of the molecule is C=CCOc1ccc(C(O)=C2C(=O)C(=O)N(c3nc(C)c(C(=O)OCC)s3)[C@H]2c2cccc(Cl)c2)c(C)c1. The standard InChI is InChI=1S/C28H25ClN2O6S/c1-5-12-37-19-10-11-20(15(3)13-19)23(32)21-22(17-8-7-9-18(29)14-17)31(26(34)24(21)33)28-30-16(4)25(38-28)27(35)36-6-2/h5,7-11,13-14,22,32H,1,6,12H2,2-4H3/t22-/m0/s1. The predicted molar refractivity (Wildman–Crippen MR) is 146 cm³/mol. The smallest absolute Gasteiger partial charge is 0.350 e. The number of amides is 1. The molecule has 1 aromatic heterocycles. The van der Waals surface area contributed by atoms with Gasteiger partial charge in [-0.25, -0.2) is 9.78 Å². The number of ketones is 1. The number of carbonyl (C=O) groups is 3. The largest absolute Gasteiger partial charge is 0.507 e. The molecule has 1 amide bonds. The maximum atomic E-state index is 13.4. The number of rotatable bonds is 8. The van der Waals surface area contributed by atoms with Gasteiger partial charge in [0.15, 0.2) is 5.13 Å². The van der Waals surface area contributed by atoms with E-state index >= 15 is 0 Å². The lowest BCUT2D eigenvalue weighted by atomic mass is 9.94. The van der Waals surface area contributed by atoms with E-state index < -0.39 is 23.7 Å². The Hall–Kier alpha value is -3.95. The molecule has 1 saturated heterocycles. The summed E-state index contributed by atoms with van der Waals surface area (Å²) in [6, 6.07) is 10.6. The van der Waals surface area contributed by atoms with Gasteiger partial charge in [0.05, 0.1) is 23.9 Å². The van der Waals surface area contributed by atoms with Crippen molar-refractivity contribution in [2.75, 3.05) is 18.1 Å². The molecule has 0 saturated carbocycles. The van der Waals surface area contributed by atoms with Crippen molar-refractivity contribution in [3.8, 4) is 5.75 Å². The molecule has 196 valence electrons. The fraction of sp³-hybridized carbons (Fsp3) is 0.214. The molecular weight excluding hydrogens is 528 g/mol. The lowest BCUT2D eigenvalue weighted by Gasteiger charge is -2.23. The number of hydrogen-bond donors (Lipinski definition) is 1. The topological polar surface area (TPSA) is 106 Å². The summed E-state index contributed by atoms with van der Waals surface area (Å²) >= 11 is 7.20. The van der Waals surface area contributed by atoms with E-state index in [4.69, 9.17) is 21.1 Å². The molecule has 0 unspecified atom stereocenters. The van der Waals surface area contributed by atoms with Crippen LogP contribution in [0, 0.1) is 13.8 Å². The van der Waals surface area contributed by atoms with Gasteiger partial charge < -0.3 is 14.6 Å². The van der Waals surface area contributed by atoms with Crippen molar-refractivity contribution >= 4 is 51.5 Å². The van der Waals surface area contributed by atoms with Crippen LogP contribution >= 0.6 is 22.9 Å². The number of aliphatic hydroxyl groups is 1. The molecule has 0 aliphatic carbocycles. The second-order valence-electron chi connectivity index (χ2n) is 8.43. The van der Waals surface area contributed by atoms with Gasteiger partial charge >= 0.3 is 11.9 Å². The van der Waals surface area contributed by atoms with Crippen LogP contribution in [0.5, 0.6) is 5.75 Å². The van der Waals surface area contributed by atoms with Crippen LogP contribution in [0.25, 0.3) is 5.76 Å². The summed E-state index contributed by atoms with van der Waals surface area (Å²) in [4.78, 5) is 45.1. The van der Waals surface area contributed by atoms with E-state index in [1.165, 1.54) is 4.90 Å². The van der Waals surface area contributed by atoms with E-state index in [2.05, 4.69) is 11.6 Å². The van der Waals surface area contributed by atoms with Crippen molar-refractivity contribution in [3.05, 3.63) is 93.0 Å². The summed E-state index contributed by atoms with van der Waals surface area (Å²) < 4.78 is 10.7. The lowest BCUT2D eigenvalue weighted by Crippen LogP contribution is -2.29. The number of nitrogens with zero attached hydrogens (tertiary/aromatic N) is 2. The molecule has 1 aliphatic rings. The van der Waals surface area contributed by atoms with Gasteiger partial charge in [0.25, 0.3) is 5.78 Å². The van der Waals surface area contributed by atoms with E-state index in [1.54, 1.807) is 69.3 Å². The van der Waals surface area contributed by atoms with Crippen molar-refractivity contribution in [2.24, 2.45) is 0 Å². The molecule has 1 atom stereocenters. The average Bonchev–Trinajstić information content (AvgIpc) is 3.39. The fourth-order valence-electron chi connectivity index (χ4n) is 4.19. The van der Waals surface area contributed by atoms with Gasteiger partial charge in [-0.15, -0.1) is 0 Å². The van der Waals surface area contributed by atoms with Gasteiger partial charge in [0.1, 0.15) is 23.0 Å². The minimum atomic E-state index is -1.04. The second kappa shape index (κ2) is 11.2. The summed E-state index contributed by atoms with van der Waals surface area (Å²) in [6.07, 6.45) is 1.61. The van der Waals surface area contributed by atoms with Gasteiger partial charge in [-0.1, -0.05) is 47.7 Å². The first-order valence-corrected chi connectivity index (χ1v) is 12.9. The number of halogens is 1. The Bertz CT molecular complexity index is 1480. The van der Waals surface area contributed by atoms with Crippen LogP contribution in [0.3, 0.4) is 0 Å². The Morgan fingerprint density at radius 3 is 2.66 bits per heavy atom. The van der Waals surface area contributed by atoms with Crippen molar-refractivity contribution in [1.82, 2.24) is 4.98 Å². The number of carbonyl (C=O) groups excluding carboxylic acids is 3. The maximum absolute atomic E-state index is 13.4. The van der Waals surface area contributed by atoms with Gasteiger partial charge in [0, 0.05) is 10.6 Å². The molecule has 8 nitrogen and oxygen atoms in total. The third-order valence-corrected chi connectivity index (χ3v) is 7.25. The van der Waals surface area contributed by atoms with Crippen LogP contribution < -0.4 is 9.64 Å². The Labute approximate surface area is 228 Å². The number of Topliss-reactive ketones (excluding diaryl/α,β-unsaturated/α-hetero) is 1. The number of aliphatic hydroxyl groups excluding tert-OH is 1. The zero-order valence-electron chi connectivity index (χ0n) is 21.0. The molecule has 1 fully saturated rings. The number of aromatic nitrogens is 1. The molecule has 0 spiro atoms. The molecule has 0 radical (unpaired) electrons. The summed E-state index contributed by atoms with van der Waals surface area (Å²) in [6.45, 7) is 9.18. The van der Waals surface area contributed by atoms with Gasteiger partial charge in [-0.3, -0.25) is 14.5 Å². The zero-order chi connectivity index (χ0) is 27.6. The number of aryl methyl sites for hydroxylation is 2. The van der Waals surface area contributed by atoms with Gasteiger partial charge in [0.2, 0.25) is 0 Å². The molecule has 38 heavy (non-hydrogen) atoms. The molecular formula is C28H25ClN2O6S. The number of thiazole rings is 1. The summed E-state index contributed by atoms with van der Waals surface area (Å²) in [5.41, 5.74) is 1.73. The predicted octanol–water partition coefficient (Wildman–Crippen LogP) is 5.78. The summed E-state index contributed by atoms with van der Waals surface area (Å²) in [7, 11) is 0. The highest BCUT2D eigenvalue weighted by atomic mass is 35.5. The molecule has 3 aromatic rings. The molecule has 2 aromatic carbocycles. The van der Waals surface area contributed by atoms with E-state index in [0.717, 1.165) is 11.3 Å². The molecule has 0 bridgehead atoms. The van der Waals surface area contributed by atoms with E-state index in [-0.39, 0.29) is 27.9 Å². The number of benzene rings is 2. The van der Waals surface area contributed by atoms with Crippen molar-refractivity contribution in [2.45, 2.75) is 26.8 Å². The highest BCUT2D eigenvalue weighted by Crippen LogP contribution is 2.44. The van der Waals surface area contributed by atoms with Crippen molar-refractivity contribution in [3.63, 3.8) is 0 Å². The second-order valence-corrected chi connectivity index (χ2v) is 9.85.